The summed E-state index contributed by atoms with van der Waals surface area (Å²) < 4.78 is 48.7. The van der Waals surface area contributed by atoms with Crippen molar-refractivity contribution in [2.24, 2.45) is 0 Å². The maximum Gasteiger partial charge on any atom is 0.416 e. The molecule has 0 spiro atoms. The summed E-state index contributed by atoms with van der Waals surface area (Å²) in [7, 11) is 1.51. The number of nitrogens with one attached hydrogen (secondary N) is 2. The van der Waals surface area contributed by atoms with Crippen LogP contribution in [0.15, 0.2) is 47.4 Å². The van der Waals surface area contributed by atoms with E-state index in [0.29, 0.717) is 16.3 Å². The van der Waals surface area contributed by atoms with Crippen molar-refractivity contribution in [2.75, 3.05) is 17.7 Å². The molecule has 11 heteroatoms. The summed E-state index contributed by atoms with van der Waals surface area (Å²) in [4.78, 5) is 37.1. The molecule has 0 aromatic heterocycles. The highest BCUT2D eigenvalue weighted by atomic mass is 32.2. The number of benzene rings is 2. The van der Waals surface area contributed by atoms with E-state index in [2.05, 4.69) is 10.6 Å². The highest BCUT2D eigenvalue weighted by Gasteiger charge is 2.35. The van der Waals surface area contributed by atoms with Gasteiger partial charge < -0.3 is 20.1 Å². The number of hydrogen-bond donors (Lipinski definition) is 2. The van der Waals surface area contributed by atoms with Crippen LogP contribution >= 0.6 is 11.8 Å². The second kappa shape index (κ2) is 9.51. The van der Waals surface area contributed by atoms with E-state index in [4.69, 9.17) is 9.47 Å². The second-order valence-corrected chi connectivity index (χ2v) is 8.10. The SMILES string of the molecule is COc1ccc(NC(=O)C(C)OC(=O)CC2Sc3ccc(C(F)(F)F)cc3NC2=O)cc1. The fourth-order valence-corrected chi connectivity index (χ4v) is 3.90. The summed E-state index contributed by atoms with van der Waals surface area (Å²) in [6, 6.07) is 9.55. The van der Waals surface area contributed by atoms with Crippen LogP contribution in [0.5, 0.6) is 5.75 Å². The van der Waals surface area contributed by atoms with Gasteiger partial charge in [-0.3, -0.25) is 14.4 Å². The summed E-state index contributed by atoms with van der Waals surface area (Å²) in [5, 5.41) is 4.08. The first-order valence-electron chi connectivity index (χ1n) is 9.40. The Morgan fingerprint density at radius 1 is 1.19 bits per heavy atom. The zero-order valence-corrected chi connectivity index (χ0v) is 17.8. The van der Waals surface area contributed by atoms with Crippen molar-refractivity contribution in [1.29, 1.82) is 0 Å². The molecule has 2 aromatic rings. The standard InChI is InChI=1S/C21H19F3N2O5S/c1-11(19(28)25-13-4-6-14(30-2)7-5-13)31-18(27)10-17-20(29)26-15-9-12(21(22,23)24)3-8-16(15)32-17/h3-9,11,17H,10H2,1-2H3,(H,25,28)(H,26,29). The van der Waals surface area contributed by atoms with E-state index in [1.54, 1.807) is 24.3 Å². The lowest BCUT2D eigenvalue weighted by atomic mass is 10.1. The van der Waals surface area contributed by atoms with Crippen LogP contribution in [-0.2, 0) is 25.3 Å². The summed E-state index contributed by atoms with van der Waals surface area (Å²) in [6.07, 6.45) is -6.01. The third kappa shape index (κ3) is 5.72. The number of rotatable bonds is 6. The van der Waals surface area contributed by atoms with Crippen molar-refractivity contribution in [3.8, 4) is 5.75 Å². The van der Waals surface area contributed by atoms with Crippen LogP contribution in [0.4, 0.5) is 24.5 Å². The second-order valence-electron chi connectivity index (χ2n) is 6.86. The van der Waals surface area contributed by atoms with Gasteiger partial charge in [-0.2, -0.15) is 13.2 Å². The van der Waals surface area contributed by atoms with Crippen LogP contribution in [0, 0.1) is 0 Å². The van der Waals surface area contributed by atoms with E-state index in [1.807, 2.05) is 0 Å². The van der Waals surface area contributed by atoms with E-state index in [-0.39, 0.29) is 12.1 Å². The third-order valence-corrected chi connectivity index (χ3v) is 5.79. The van der Waals surface area contributed by atoms with Gasteiger partial charge in [0.25, 0.3) is 5.91 Å². The Balaban J connectivity index is 1.56. The van der Waals surface area contributed by atoms with E-state index >= 15 is 0 Å². The number of methoxy groups -OCH3 is 1. The number of thioether (sulfide) groups is 1. The van der Waals surface area contributed by atoms with Crippen molar-refractivity contribution >= 4 is 40.9 Å². The van der Waals surface area contributed by atoms with Gasteiger partial charge in [-0.25, -0.2) is 0 Å². The quantitative estimate of drug-likeness (QED) is 0.621. The molecular formula is C21H19F3N2O5S. The van der Waals surface area contributed by atoms with Crippen LogP contribution in [0.25, 0.3) is 0 Å². The minimum absolute atomic E-state index is 0.0340. The summed E-state index contributed by atoms with van der Waals surface area (Å²) >= 11 is 0.962. The predicted molar refractivity (Wildman–Crippen MR) is 112 cm³/mol. The first-order chi connectivity index (χ1) is 15.1. The van der Waals surface area contributed by atoms with Gasteiger partial charge in [0.1, 0.15) is 5.75 Å². The lowest BCUT2D eigenvalue weighted by molar-refractivity contribution is -0.153. The Morgan fingerprint density at radius 3 is 2.50 bits per heavy atom. The molecule has 0 bridgehead atoms. The number of amides is 2. The van der Waals surface area contributed by atoms with Gasteiger partial charge in [-0.05, 0) is 49.4 Å². The molecule has 1 aliphatic rings. The lowest BCUT2D eigenvalue weighted by Crippen LogP contribution is -2.34. The molecule has 2 amide bonds. The molecule has 2 aromatic carbocycles. The van der Waals surface area contributed by atoms with E-state index in [0.717, 1.165) is 23.9 Å². The highest BCUT2D eigenvalue weighted by Crippen LogP contribution is 2.40. The summed E-state index contributed by atoms with van der Waals surface area (Å²) in [5.41, 5.74) is -0.367. The van der Waals surface area contributed by atoms with Crippen LogP contribution in [-0.4, -0.2) is 36.2 Å². The van der Waals surface area contributed by atoms with Crippen molar-refractivity contribution in [2.45, 2.75) is 35.8 Å². The first-order valence-corrected chi connectivity index (χ1v) is 10.3. The molecule has 2 atom stereocenters. The van der Waals surface area contributed by atoms with Gasteiger partial charge in [0.2, 0.25) is 5.91 Å². The Labute approximate surface area is 185 Å². The van der Waals surface area contributed by atoms with Crippen LogP contribution in [0.1, 0.15) is 18.9 Å². The molecule has 0 saturated heterocycles. The molecule has 0 fully saturated rings. The van der Waals surface area contributed by atoms with Crippen LogP contribution < -0.4 is 15.4 Å². The zero-order chi connectivity index (χ0) is 23.5. The Kier molecular flexibility index (Phi) is 6.97. The predicted octanol–water partition coefficient (Wildman–Crippen LogP) is 4.09. The number of carbonyl (C=O) groups is 3. The number of anilines is 2. The molecule has 0 aliphatic carbocycles. The number of fused-ring (bicyclic) bond motifs is 1. The van der Waals surface area contributed by atoms with E-state index in [9.17, 15) is 27.6 Å². The van der Waals surface area contributed by atoms with E-state index < -0.39 is 40.9 Å². The molecule has 0 saturated carbocycles. The fraction of sp³-hybridized carbons (Fsp3) is 0.286. The molecule has 1 aliphatic heterocycles. The van der Waals surface area contributed by atoms with Gasteiger partial charge >= 0.3 is 12.1 Å². The third-order valence-electron chi connectivity index (χ3n) is 4.51. The smallest absolute Gasteiger partial charge is 0.416 e. The van der Waals surface area contributed by atoms with Gasteiger partial charge in [-0.15, -0.1) is 11.8 Å². The Bertz CT molecular complexity index is 1030. The monoisotopic (exact) mass is 468 g/mol. The first kappa shape index (κ1) is 23.5. The van der Waals surface area contributed by atoms with Gasteiger partial charge in [-0.1, -0.05) is 0 Å². The topological polar surface area (TPSA) is 93.7 Å². The highest BCUT2D eigenvalue weighted by molar-refractivity contribution is 8.01. The maximum atomic E-state index is 12.8. The Morgan fingerprint density at radius 2 is 1.88 bits per heavy atom. The van der Waals surface area contributed by atoms with Gasteiger partial charge in [0, 0.05) is 10.6 Å². The molecule has 32 heavy (non-hydrogen) atoms. The lowest BCUT2D eigenvalue weighted by Gasteiger charge is -2.24. The van der Waals surface area contributed by atoms with Gasteiger partial charge in [0.15, 0.2) is 6.10 Å². The van der Waals surface area contributed by atoms with Crippen molar-refractivity contribution < 1.29 is 37.0 Å². The minimum Gasteiger partial charge on any atom is -0.497 e. The fourth-order valence-electron chi connectivity index (χ4n) is 2.83. The number of alkyl halides is 3. The average molecular weight is 468 g/mol. The average Bonchev–Trinajstić information content (AvgIpc) is 2.73. The molecule has 7 nitrogen and oxygen atoms in total. The maximum absolute atomic E-state index is 12.8. The number of hydrogen-bond acceptors (Lipinski definition) is 6. The number of carbonyl (C=O) groups excluding carboxylic acids is 3. The van der Waals surface area contributed by atoms with Crippen molar-refractivity contribution in [1.82, 2.24) is 0 Å². The molecule has 0 radical (unpaired) electrons. The zero-order valence-electron chi connectivity index (χ0n) is 17.0. The Hall–Kier alpha value is -3.21. The molecular weight excluding hydrogens is 449 g/mol. The number of esters is 1. The van der Waals surface area contributed by atoms with Crippen molar-refractivity contribution in [3.63, 3.8) is 0 Å². The molecule has 170 valence electrons. The molecule has 2 unspecified atom stereocenters. The van der Waals surface area contributed by atoms with Crippen molar-refractivity contribution in [3.05, 3.63) is 48.0 Å². The van der Waals surface area contributed by atoms with E-state index in [1.165, 1.54) is 20.1 Å². The summed E-state index contributed by atoms with van der Waals surface area (Å²) in [5.74, 6) is -1.35. The van der Waals surface area contributed by atoms with Crippen LogP contribution in [0.3, 0.4) is 0 Å². The minimum atomic E-state index is -4.53. The molecule has 2 N–H and O–H groups in total. The normalized spacial score (nSPS) is 16.4. The number of ether oxygens (including phenoxy) is 2. The summed E-state index contributed by atoms with van der Waals surface area (Å²) in [6.45, 7) is 1.39. The van der Waals surface area contributed by atoms with Crippen LogP contribution in [0.2, 0.25) is 0 Å². The number of halogens is 3. The largest absolute Gasteiger partial charge is 0.497 e. The van der Waals surface area contributed by atoms with Gasteiger partial charge in [0.05, 0.1) is 30.0 Å². The molecule has 1 heterocycles. The molecule has 3 rings (SSSR count).